The lowest BCUT2D eigenvalue weighted by Crippen LogP contribution is -2.13. The van der Waals surface area contributed by atoms with Gasteiger partial charge in [-0.2, -0.15) is 5.26 Å². The minimum absolute atomic E-state index is 0.0112. The Balaban J connectivity index is 1.53. The summed E-state index contributed by atoms with van der Waals surface area (Å²) in [7, 11) is 1.55. The molecule has 0 aromatic heterocycles. The molecule has 0 fully saturated rings. The Bertz CT molecular complexity index is 1350. The summed E-state index contributed by atoms with van der Waals surface area (Å²) >= 11 is 0. The highest BCUT2D eigenvalue weighted by molar-refractivity contribution is 6.12. The van der Waals surface area contributed by atoms with Crippen LogP contribution in [0.3, 0.4) is 0 Å². The number of rotatable bonds is 7. The van der Waals surface area contributed by atoms with Crippen molar-refractivity contribution in [2.24, 2.45) is 0 Å². The average Bonchev–Trinajstić information content (AvgIpc) is 2.87. The van der Waals surface area contributed by atoms with Crippen LogP contribution in [0.25, 0.3) is 16.8 Å². The molecule has 5 heteroatoms. The molecule has 0 aliphatic rings. The lowest BCUT2D eigenvalue weighted by molar-refractivity contribution is -0.112. The molecule has 0 radical (unpaired) electrons. The Morgan fingerprint density at radius 3 is 2.48 bits per heavy atom. The second-order valence-electron chi connectivity index (χ2n) is 7.34. The number of nitrogens with one attached hydrogen (secondary N) is 1. The maximum Gasteiger partial charge on any atom is 0.266 e. The Kier molecular flexibility index (Phi) is 6.67. The van der Waals surface area contributed by atoms with E-state index in [2.05, 4.69) is 5.32 Å². The molecule has 0 saturated carbocycles. The standard InChI is InChI=1S/C28H22N2O3/c1-32-27-17-21(14-15-26(27)33-19-20-8-3-2-4-9-20)16-23(18-29)28(31)30-25-13-7-11-22-10-5-6-12-24(22)25/h2-17H,19H2,1H3,(H,30,31)/b23-16+. The van der Waals surface area contributed by atoms with E-state index >= 15 is 0 Å². The van der Waals surface area contributed by atoms with Crippen molar-refractivity contribution < 1.29 is 14.3 Å². The van der Waals surface area contributed by atoms with Gasteiger partial charge in [0.05, 0.1) is 7.11 Å². The fourth-order valence-corrected chi connectivity index (χ4v) is 3.47. The molecule has 1 amide bonds. The number of methoxy groups -OCH3 is 1. The maximum absolute atomic E-state index is 12.8. The van der Waals surface area contributed by atoms with E-state index < -0.39 is 5.91 Å². The molecule has 0 bridgehead atoms. The molecule has 1 N–H and O–H groups in total. The highest BCUT2D eigenvalue weighted by Crippen LogP contribution is 2.30. The van der Waals surface area contributed by atoms with Crippen molar-refractivity contribution >= 4 is 28.4 Å². The molecule has 0 heterocycles. The third kappa shape index (κ3) is 5.20. The van der Waals surface area contributed by atoms with Crippen molar-refractivity contribution in [1.82, 2.24) is 0 Å². The lowest BCUT2D eigenvalue weighted by atomic mass is 10.1. The molecule has 0 spiro atoms. The summed E-state index contributed by atoms with van der Waals surface area (Å²) < 4.78 is 11.3. The van der Waals surface area contributed by atoms with Gasteiger partial charge in [0.25, 0.3) is 5.91 Å². The quantitative estimate of drug-likeness (QED) is 0.287. The van der Waals surface area contributed by atoms with Crippen LogP contribution in [0.4, 0.5) is 5.69 Å². The zero-order valence-electron chi connectivity index (χ0n) is 18.1. The topological polar surface area (TPSA) is 71.3 Å². The molecule has 33 heavy (non-hydrogen) atoms. The average molecular weight is 434 g/mol. The Labute approximate surface area is 192 Å². The molecular formula is C28H22N2O3. The van der Waals surface area contributed by atoms with Crippen LogP contribution < -0.4 is 14.8 Å². The summed E-state index contributed by atoms with van der Waals surface area (Å²) in [5, 5.41) is 14.4. The lowest BCUT2D eigenvalue weighted by Gasteiger charge is -2.12. The van der Waals surface area contributed by atoms with Crippen molar-refractivity contribution in [2.45, 2.75) is 6.61 Å². The summed E-state index contributed by atoms with van der Waals surface area (Å²) in [5.41, 5.74) is 2.34. The van der Waals surface area contributed by atoms with Crippen molar-refractivity contribution in [3.63, 3.8) is 0 Å². The molecule has 4 rings (SSSR count). The van der Waals surface area contributed by atoms with Crippen molar-refractivity contribution in [2.75, 3.05) is 12.4 Å². The number of nitriles is 1. The fraction of sp³-hybridized carbons (Fsp3) is 0.0714. The number of anilines is 1. The van der Waals surface area contributed by atoms with Crippen LogP contribution in [0.15, 0.2) is 96.6 Å². The summed E-state index contributed by atoms with van der Waals surface area (Å²) in [6.45, 7) is 0.406. The van der Waals surface area contributed by atoms with Crippen LogP contribution in [0.1, 0.15) is 11.1 Å². The summed E-state index contributed by atoms with van der Waals surface area (Å²) in [4.78, 5) is 12.8. The van der Waals surface area contributed by atoms with E-state index in [1.165, 1.54) is 6.08 Å². The molecule has 0 aliphatic carbocycles. The molecule has 0 unspecified atom stereocenters. The van der Waals surface area contributed by atoms with Crippen molar-refractivity contribution in [1.29, 1.82) is 5.26 Å². The highest BCUT2D eigenvalue weighted by atomic mass is 16.5. The summed E-state index contributed by atoms with van der Waals surface area (Å²) in [6, 6.07) is 30.5. The Hall–Kier alpha value is -4.56. The van der Waals surface area contributed by atoms with Crippen LogP contribution >= 0.6 is 0 Å². The normalized spacial score (nSPS) is 11.0. The number of nitrogens with zero attached hydrogens (tertiary/aromatic N) is 1. The van der Waals surface area contributed by atoms with E-state index in [9.17, 15) is 10.1 Å². The SMILES string of the molecule is COc1cc(/C=C(\C#N)C(=O)Nc2cccc3ccccc23)ccc1OCc1ccccc1. The molecule has 0 aliphatic heterocycles. The van der Waals surface area contributed by atoms with E-state index in [0.29, 0.717) is 29.4 Å². The van der Waals surface area contributed by atoms with Gasteiger partial charge in [-0.3, -0.25) is 4.79 Å². The molecule has 5 nitrogen and oxygen atoms in total. The van der Waals surface area contributed by atoms with Gasteiger partial charge >= 0.3 is 0 Å². The van der Waals surface area contributed by atoms with Crippen molar-refractivity contribution in [3.05, 3.63) is 108 Å². The highest BCUT2D eigenvalue weighted by Gasteiger charge is 2.12. The molecule has 162 valence electrons. The second-order valence-corrected chi connectivity index (χ2v) is 7.34. The van der Waals surface area contributed by atoms with Crippen LogP contribution in [-0.2, 0) is 11.4 Å². The molecule has 0 saturated heterocycles. The molecule has 4 aromatic carbocycles. The number of hydrogen-bond acceptors (Lipinski definition) is 4. The number of carbonyl (C=O) groups is 1. The zero-order chi connectivity index (χ0) is 23.0. The minimum Gasteiger partial charge on any atom is -0.493 e. The van der Waals surface area contributed by atoms with Gasteiger partial charge in [-0.15, -0.1) is 0 Å². The first-order chi connectivity index (χ1) is 16.2. The van der Waals surface area contributed by atoms with Crippen LogP contribution in [0.2, 0.25) is 0 Å². The van der Waals surface area contributed by atoms with E-state index in [0.717, 1.165) is 16.3 Å². The van der Waals surface area contributed by atoms with Gasteiger partial charge in [0.2, 0.25) is 0 Å². The zero-order valence-corrected chi connectivity index (χ0v) is 18.1. The largest absolute Gasteiger partial charge is 0.493 e. The molecule has 4 aromatic rings. The first-order valence-corrected chi connectivity index (χ1v) is 10.4. The number of amides is 1. The maximum atomic E-state index is 12.8. The number of benzene rings is 4. The summed E-state index contributed by atoms with van der Waals surface area (Å²) in [5.74, 6) is 0.626. The smallest absolute Gasteiger partial charge is 0.266 e. The monoisotopic (exact) mass is 434 g/mol. The number of carbonyl (C=O) groups excluding carboxylic acids is 1. The van der Waals surface area contributed by atoms with E-state index in [1.807, 2.05) is 78.9 Å². The van der Waals surface area contributed by atoms with Crippen molar-refractivity contribution in [3.8, 4) is 17.6 Å². The van der Waals surface area contributed by atoms with Gasteiger partial charge in [-0.05, 0) is 40.8 Å². The third-order valence-corrected chi connectivity index (χ3v) is 5.14. The number of fused-ring (bicyclic) bond motifs is 1. The van der Waals surface area contributed by atoms with Gasteiger partial charge in [0, 0.05) is 11.1 Å². The van der Waals surface area contributed by atoms with E-state index in [-0.39, 0.29) is 5.57 Å². The predicted octanol–water partition coefficient (Wildman–Crippen LogP) is 5.97. The predicted molar refractivity (Wildman–Crippen MR) is 130 cm³/mol. The van der Waals surface area contributed by atoms with Crippen LogP contribution in [0, 0.1) is 11.3 Å². The second kappa shape index (κ2) is 10.2. The van der Waals surface area contributed by atoms with Crippen LogP contribution in [0.5, 0.6) is 11.5 Å². The first-order valence-electron chi connectivity index (χ1n) is 10.4. The van der Waals surface area contributed by atoms with Gasteiger partial charge in [0.1, 0.15) is 18.2 Å². The number of ether oxygens (including phenoxy) is 2. The van der Waals surface area contributed by atoms with Gasteiger partial charge < -0.3 is 14.8 Å². The van der Waals surface area contributed by atoms with E-state index in [1.54, 1.807) is 25.3 Å². The molecular weight excluding hydrogens is 412 g/mol. The van der Waals surface area contributed by atoms with Gasteiger partial charge in [0.15, 0.2) is 11.5 Å². The minimum atomic E-state index is -0.475. The van der Waals surface area contributed by atoms with Crippen LogP contribution in [-0.4, -0.2) is 13.0 Å². The van der Waals surface area contributed by atoms with Gasteiger partial charge in [-0.25, -0.2) is 0 Å². The summed E-state index contributed by atoms with van der Waals surface area (Å²) in [6.07, 6.45) is 1.53. The fourth-order valence-electron chi connectivity index (χ4n) is 3.47. The van der Waals surface area contributed by atoms with Gasteiger partial charge in [-0.1, -0.05) is 72.8 Å². The third-order valence-electron chi connectivity index (χ3n) is 5.14. The molecule has 0 atom stereocenters. The Morgan fingerprint density at radius 2 is 1.70 bits per heavy atom. The Morgan fingerprint density at radius 1 is 0.939 bits per heavy atom. The number of hydrogen-bond donors (Lipinski definition) is 1. The van der Waals surface area contributed by atoms with E-state index in [4.69, 9.17) is 9.47 Å². The first kappa shape index (κ1) is 21.7.